The van der Waals surface area contributed by atoms with Gasteiger partial charge in [-0.1, -0.05) is 57.2 Å². The fourth-order valence-electron chi connectivity index (χ4n) is 3.73. The monoisotopic (exact) mass is 416 g/mol. The number of hydrogen-bond acceptors (Lipinski definition) is 4. The van der Waals surface area contributed by atoms with Gasteiger partial charge in [-0.05, 0) is 52.6 Å². The molecule has 2 aromatic heterocycles. The summed E-state index contributed by atoms with van der Waals surface area (Å²) in [5.41, 5.74) is 10.4. The first-order chi connectivity index (χ1) is 14.8. The SMILES string of the molecule is CC(C)(C)c1ccc(C(C(N)=O)N(CCc2cccnc2)CCc2cccnc2)cc1. The van der Waals surface area contributed by atoms with Gasteiger partial charge < -0.3 is 5.73 Å². The maximum absolute atomic E-state index is 12.6. The number of rotatable bonds is 9. The van der Waals surface area contributed by atoms with E-state index in [2.05, 4.69) is 59.9 Å². The Morgan fingerprint density at radius 1 is 0.903 bits per heavy atom. The Kier molecular flexibility index (Phi) is 7.53. The quantitative estimate of drug-likeness (QED) is 0.570. The third kappa shape index (κ3) is 6.46. The van der Waals surface area contributed by atoms with Gasteiger partial charge in [0.15, 0.2) is 0 Å². The highest BCUT2D eigenvalue weighted by molar-refractivity contribution is 5.81. The molecule has 5 heteroatoms. The van der Waals surface area contributed by atoms with Crippen molar-refractivity contribution in [1.82, 2.24) is 14.9 Å². The van der Waals surface area contributed by atoms with Crippen molar-refractivity contribution in [2.24, 2.45) is 5.73 Å². The van der Waals surface area contributed by atoms with Gasteiger partial charge in [0.25, 0.3) is 0 Å². The maximum Gasteiger partial charge on any atom is 0.239 e. The third-order valence-corrected chi connectivity index (χ3v) is 5.55. The van der Waals surface area contributed by atoms with Gasteiger partial charge in [0.05, 0.1) is 0 Å². The number of amides is 1. The molecule has 3 rings (SSSR count). The van der Waals surface area contributed by atoms with Gasteiger partial charge in [-0.3, -0.25) is 19.7 Å². The van der Waals surface area contributed by atoms with E-state index in [1.165, 1.54) is 5.56 Å². The number of aromatic nitrogens is 2. The number of carbonyl (C=O) groups excluding carboxylic acids is 1. The first-order valence-corrected chi connectivity index (χ1v) is 10.8. The lowest BCUT2D eigenvalue weighted by Crippen LogP contribution is -2.40. The molecule has 162 valence electrons. The first-order valence-electron chi connectivity index (χ1n) is 10.8. The van der Waals surface area contributed by atoms with Crippen LogP contribution in [0.15, 0.2) is 73.3 Å². The van der Waals surface area contributed by atoms with Crippen LogP contribution in [0.5, 0.6) is 0 Å². The first kappa shape index (κ1) is 22.6. The molecule has 1 aromatic carbocycles. The fourth-order valence-corrected chi connectivity index (χ4v) is 3.73. The molecule has 0 spiro atoms. The molecule has 0 aliphatic carbocycles. The molecule has 1 atom stereocenters. The Morgan fingerprint density at radius 2 is 1.42 bits per heavy atom. The molecule has 5 nitrogen and oxygen atoms in total. The normalized spacial score (nSPS) is 12.6. The standard InChI is InChI=1S/C26H32N4O/c1-26(2,3)23-10-8-22(9-11-23)24(25(27)31)30(16-12-20-6-4-14-28-18-20)17-13-21-7-5-15-29-19-21/h4-11,14-15,18-19,24H,12-13,16-17H2,1-3H3,(H2,27,31). The Balaban J connectivity index is 1.84. The highest BCUT2D eigenvalue weighted by Gasteiger charge is 2.26. The lowest BCUT2D eigenvalue weighted by Gasteiger charge is -2.30. The molecule has 0 bridgehead atoms. The molecule has 0 fully saturated rings. The second-order valence-corrected chi connectivity index (χ2v) is 8.94. The summed E-state index contributed by atoms with van der Waals surface area (Å²) in [5.74, 6) is -0.333. The van der Waals surface area contributed by atoms with Crippen LogP contribution in [0.25, 0.3) is 0 Å². The third-order valence-electron chi connectivity index (χ3n) is 5.55. The summed E-state index contributed by atoms with van der Waals surface area (Å²) in [5, 5.41) is 0. The molecule has 0 aliphatic heterocycles. The number of hydrogen-bond donors (Lipinski definition) is 1. The number of primary amides is 1. The van der Waals surface area contributed by atoms with Crippen LogP contribution in [0, 0.1) is 0 Å². The van der Waals surface area contributed by atoms with Gasteiger partial charge in [-0.2, -0.15) is 0 Å². The van der Waals surface area contributed by atoms with Gasteiger partial charge >= 0.3 is 0 Å². The summed E-state index contributed by atoms with van der Waals surface area (Å²) in [4.78, 5) is 23.2. The molecule has 3 aromatic rings. The summed E-state index contributed by atoms with van der Waals surface area (Å²) >= 11 is 0. The van der Waals surface area contributed by atoms with E-state index in [4.69, 9.17) is 5.73 Å². The zero-order chi connectivity index (χ0) is 22.3. The van der Waals surface area contributed by atoms with E-state index < -0.39 is 6.04 Å². The predicted molar refractivity (Wildman–Crippen MR) is 125 cm³/mol. The van der Waals surface area contributed by atoms with E-state index in [1.807, 2.05) is 36.7 Å². The highest BCUT2D eigenvalue weighted by atomic mass is 16.1. The van der Waals surface area contributed by atoms with Gasteiger partial charge in [0, 0.05) is 37.9 Å². The van der Waals surface area contributed by atoms with E-state index in [1.54, 1.807) is 12.4 Å². The van der Waals surface area contributed by atoms with Gasteiger partial charge in [0.1, 0.15) is 6.04 Å². The molecule has 2 heterocycles. The summed E-state index contributed by atoms with van der Waals surface area (Å²) in [6.07, 6.45) is 8.88. The minimum atomic E-state index is -0.484. The Hall–Kier alpha value is -3.05. The largest absolute Gasteiger partial charge is 0.368 e. The minimum absolute atomic E-state index is 0.0566. The number of nitrogens with zero attached hydrogens (tertiary/aromatic N) is 3. The lowest BCUT2D eigenvalue weighted by molar-refractivity contribution is -0.123. The van der Waals surface area contributed by atoms with Crippen LogP contribution in [0.2, 0.25) is 0 Å². The second-order valence-electron chi connectivity index (χ2n) is 8.94. The average Bonchev–Trinajstić information content (AvgIpc) is 2.76. The van der Waals surface area contributed by atoms with Crippen LogP contribution in [0.1, 0.15) is 49.1 Å². The maximum atomic E-state index is 12.6. The van der Waals surface area contributed by atoms with Crippen LogP contribution < -0.4 is 5.73 Å². The molecule has 0 saturated carbocycles. The summed E-state index contributed by atoms with van der Waals surface area (Å²) in [6.45, 7) is 7.96. The number of nitrogens with two attached hydrogens (primary N) is 1. The Morgan fingerprint density at radius 3 is 1.81 bits per heavy atom. The van der Waals surface area contributed by atoms with E-state index in [0.717, 1.165) is 29.5 Å². The highest BCUT2D eigenvalue weighted by Crippen LogP contribution is 2.27. The van der Waals surface area contributed by atoms with Crippen molar-refractivity contribution in [3.8, 4) is 0 Å². The molecule has 1 amide bonds. The van der Waals surface area contributed by atoms with Crippen LogP contribution in [0.3, 0.4) is 0 Å². The van der Waals surface area contributed by atoms with Gasteiger partial charge in [-0.15, -0.1) is 0 Å². The molecule has 0 aliphatic rings. The van der Waals surface area contributed by atoms with Crippen LogP contribution in [-0.2, 0) is 23.1 Å². The van der Waals surface area contributed by atoms with E-state index in [0.29, 0.717) is 13.1 Å². The molecule has 2 N–H and O–H groups in total. The smallest absolute Gasteiger partial charge is 0.239 e. The number of pyridine rings is 2. The van der Waals surface area contributed by atoms with Crippen molar-refractivity contribution >= 4 is 5.91 Å². The van der Waals surface area contributed by atoms with Crippen LogP contribution >= 0.6 is 0 Å². The van der Waals surface area contributed by atoms with Crippen molar-refractivity contribution in [3.05, 3.63) is 95.6 Å². The van der Waals surface area contributed by atoms with Crippen molar-refractivity contribution in [2.45, 2.75) is 45.1 Å². The molecular weight excluding hydrogens is 384 g/mol. The zero-order valence-electron chi connectivity index (χ0n) is 18.7. The summed E-state index contributed by atoms with van der Waals surface area (Å²) < 4.78 is 0. The minimum Gasteiger partial charge on any atom is -0.368 e. The van der Waals surface area contributed by atoms with Crippen molar-refractivity contribution in [3.63, 3.8) is 0 Å². The lowest BCUT2D eigenvalue weighted by atomic mass is 9.86. The number of benzene rings is 1. The van der Waals surface area contributed by atoms with E-state index in [9.17, 15) is 4.79 Å². The molecule has 31 heavy (non-hydrogen) atoms. The summed E-state index contributed by atoms with van der Waals surface area (Å²) in [7, 11) is 0. The summed E-state index contributed by atoms with van der Waals surface area (Å²) in [6, 6.07) is 15.8. The molecule has 1 unspecified atom stereocenters. The zero-order valence-corrected chi connectivity index (χ0v) is 18.7. The number of carbonyl (C=O) groups is 1. The van der Waals surface area contributed by atoms with Crippen LogP contribution in [0.4, 0.5) is 0 Å². The van der Waals surface area contributed by atoms with Crippen molar-refractivity contribution in [1.29, 1.82) is 0 Å². The van der Waals surface area contributed by atoms with Gasteiger partial charge in [-0.25, -0.2) is 0 Å². The average molecular weight is 417 g/mol. The van der Waals surface area contributed by atoms with E-state index >= 15 is 0 Å². The van der Waals surface area contributed by atoms with E-state index in [-0.39, 0.29) is 11.3 Å². The van der Waals surface area contributed by atoms with Crippen LogP contribution in [-0.4, -0.2) is 33.9 Å². The predicted octanol–water partition coefficient (Wildman–Crippen LogP) is 4.09. The fraction of sp³-hybridized carbons (Fsp3) is 0.346. The van der Waals surface area contributed by atoms with Crippen molar-refractivity contribution in [2.75, 3.05) is 13.1 Å². The second kappa shape index (κ2) is 10.3. The Bertz CT molecular complexity index is 907. The van der Waals surface area contributed by atoms with Crippen molar-refractivity contribution < 1.29 is 4.79 Å². The molecular formula is C26H32N4O. The molecule has 0 saturated heterocycles. The Labute approximate surface area is 185 Å². The van der Waals surface area contributed by atoms with Gasteiger partial charge in [0.2, 0.25) is 5.91 Å². The molecule has 0 radical (unpaired) electrons. The topological polar surface area (TPSA) is 72.1 Å².